The molecule has 0 amide bonds. The fraction of sp³-hybridized carbons (Fsp3) is 0.0448. The quantitative estimate of drug-likeness (QED) is 0.107. The van der Waals surface area contributed by atoms with Crippen molar-refractivity contribution in [2.24, 2.45) is 0 Å². The molecule has 0 bridgehead atoms. The summed E-state index contributed by atoms with van der Waals surface area (Å²) in [5.74, 6) is 0. The van der Waals surface area contributed by atoms with Crippen LogP contribution in [0.1, 0.15) is 30.9 Å². The lowest BCUT2D eigenvalue weighted by molar-refractivity contribution is 0.993. The average Bonchev–Trinajstić information content (AvgIpc) is 3.77. The van der Waals surface area contributed by atoms with Gasteiger partial charge in [-0.3, -0.25) is 0 Å². The number of aromatic nitrogens is 1. The van der Waals surface area contributed by atoms with Gasteiger partial charge in [-0.1, -0.05) is 213 Å². The Bertz CT molecular complexity index is 3900. The van der Waals surface area contributed by atoms with E-state index in [1.165, 1.54) is 98.8 Å². The first-order chi connectivity index (χ1) is 34.2. The zero-order chi connectivity index (χ0) is 46.3. The van der Waals surface area contributed by atoms with Crippen molar-refractivity contribution in [1.82, 2.24) is 4.57 Å². The third-order valence-corrected chi connectivity index (χ3v) is 14.0. The summed E-state index contributed by atoms with van der Waals surface area (Å²) >= 11 is 0. The number of allylic oxidation sites excluding steroid dienone is 9. The van der Waals surface area contributed by atoms with E-state index >= 15 is 0 Å². The van der Waals surface area contributed by atoms with Crippen molar-refractivity contribution in [1.29, 1.82) is 0 Å². The van der Waals surface area contributed by atoms with Gasteiger partial charge in [0, 0.05) is 43.9 Å². The minimum Gasteiger partial charge on any atom is -0.354 e. The van der Waals surface area contributed by atoms with E-state index in [-0.39, 0.29) is 0 Å². The Morgan fingerprint density at radius 2 is 1.09 bits per heavy atom. The molecule has 2 heteroatoms. The lowest BCUT2D eigenvalue weighted by Gasteiger charge is -2.23. The first kappa shape index (κ1) is 41.7. The van der Waals surface area contributed by atoms with E-state index in [1.807, 2.05) is 19.1 Å². The number of benzene rings is 10. The zero-order valence-electron chi connectivity index (χ0n) is 38.7. The number of rotatable bonds is 10. The summed E-state index contributed by atoms with van der Waals surface area (Å²) in [5.41, 5.74) is 17.8. The van der Waals surface area contributed by atoms with Crippen LogP contribution in [0.5, 0.6) is 0 Å². The van der Waals surface area contributed by atoms with Gasteiger partial charge in [0.1, 0.15) is 0 Å². The van der Waals surface area contributed by atoms with E-state index in [1.54, 1.807) is 0 Å². The third kappa shape index (κ3) is 7.39. The Morgan fingerprint density at radius 1 is 0.493 bits per heavy atom. The van der Waals surface area contributed by atoms with Crippen LogP contribution in [0.3, 0.4) is 0 Å². The molecule has 0 fully saturated rings. The van der Waals surface area contributed by atoms with E-state index in [0.717, 1.165) is 40.9 Å². The van der Waals surface area contributed by atoms with Crippen molar-refractivity contribution in [3.8, 4) is 33.4 Å². The van der Waals surface area contributed by atoms with Crippen LogP contribution in [0.25, 0.3) is 104 Å². The van der Waals surface area contributed by atoms with Gasteiger partial charge in [0.2, 0.25) is 0 Å². The maximum atomic E-state index is 4.14. The Morgan fingerprint density at radius 3 is 1.74 bits per heavy atom. The molecule has 12 rings (SSSR count). The standard InChI is InChI=1S/C67H50N2/c1-3-5-20-45(4-2)49-33-38-54(39-34-49)68-66-62(53-28-19-27-51(43-53)47-23-11-7-12-24-47)56-29-15-16-30-57(56)63-64(66)58-31-17-18-32-59(58)67-65(63)60-44-52(48-25-13-8-14-26-48)37-42-61(60)69(67)55-40-35-50(36-41-55)46-21-9-6-10-22-46/h3-35,37-40,42-44,68H,2,36,41H2,1H3/b5-3-,45-20+. The van der Waals surface area contributed by atoms with Crippen LogP contribution >= 0.6 is 0 Å². The molecule has 1 N–H and O–H groups in total. The van der Waals surface area contributed by atoms with Gasteiger partial charge in [-0.2, -0.15) is 0 Å². The predicted octanol–water partition coefficient (Wildman–Crippen LogP) is 18.9. The molecule has 0 atom stereocenters. The van der Waals surface area contributed by atoms with E-state index in [0.29, 0.717) is 0 Å². The van der Waals surface area contributed by atoms with Gasteiger partial charge in [0.15, 0.2) is 0 Å². The maximum Gasteiger partial charge on any atom is 0.0622 e. The molecule has 0 aliphatic heterocycles. The van der Waals surface area contributed by atoms with Crippen LogP contribution in [-0.4, -0.2) is 4.57 Å². The van der Waals surface area contributed by atoms with Gasteiger partial charge in [0.05, 0.1) is 16.7 Å². The van der Waals surface area contributed by atoms with Crippen molar-refractivity contribution in [2.75, 3.05) is 5.32 Å². The fourth-order valence-corrected chi connectivity index (χ4v) is 10.8. The molecule has 10 aromatic carbocycles. The van der Waals surface area contributed by atoms with Crippen LogP contribution in [0.2, 0.25) is 0 Å². The average molecular weight is 883 g/mol. The van der Waals surface area contributed by atoms with Crippen molar-refractivity contribution < 1.29 is 0 Å². The molecule has 0 radical (unpaired) electrons. The van der Waals surface area contributed by atoms with E-state index < -0.39 is 0 Å². The molecule has 2 nitrogen and oxygen atoms in total. The molecule has 1 aromatic heterocycles. The Hall–Kier alpha value is -8.72. The molecule has 0 unspecified atom stereocenters. The van der Waals surface area contributed by atoms with Gasteiger partial charge in [-0.25, -0.2) is 0 Å². The van der Waals surface area contributed by atoms with Crippen LogP contribution in [0.4, 0.5) is 11.4 Å². The number of nitrogens with one attached hydrogen (secondary N) is 1. The lowest BCUT2D eigenvalue weighted by atomic mass is 9.85. The zero-order valence-corrected chi connectivity index (χ0v) is 38.7. The number of fused-ring (bicyclic) bond motifs is 10. The second-order valence-corrected chi connectivity index (χ2v) is 18.0. The molecular formula is C67H50N2. The first-order valence-corrected chi connectivity index (χ1v) is 24.0. The molecule has 1 aliphatic carbocycles. The van der Waals surface area contributed by atoms with E-state index in [2.05, 4.69) is 247 Å². The molecule has 0 saturated carbocycles. The normalized spacial score (nSPS) is 13.1. The number of nitrogens with zero attached hydrogens (tertiary/aromatic N) is 1. The minimum absolute atomic E-state index is 0.921. The summed E-state index contributed by atoms with van der Waals surface area (Å²) in [5, 5.41) is 13.9. The summed E-state index contributed by atoms with van der Waals surface area (Å²) in [6.45, 7) is 6.17. The molecule has 11 aromatic rings. The highest BCUT2D eigenvalue weighted by atomic mass is 15.0. The Kier molecular flexibility index (Phi) is 10.8. The Labute approximate surface area is 403 Å². The molecule has 0 spiro atoms. The summed E-state index contributed by atoms with van der Waals surface area (Å²) in [6, 6.07) is 75.6. The molecule has 328 valence electrons. The van der Waals surface area contributed by atoms with Gasteiger partial charge in [0.25, 0.3) is 0 Å². The van der Waals surface area contributed by atoms with Crippen molar-refractivity contribution >= 4 is 82.3 Å². The second-order valence-electron chi connectivity index (χ2n) is 18.0. The largest absolute Gasteiger partial charge is 0.354 e. The lowest BCUT2D eigenvalue weighted by Crippen LogP contribution is -2.02. The topological polar surface area (TPSA) is 17.0 Å². The molecular weight excluding hydrogens is 833 g/mol. The summed E-state index contributed by atoms with van der Waals surface area (Å²) in [4.78, 5) is 0. The SMILES string of the molecule is C=C/C(=C\C=C/C)c1ccc(Nc2c(-c3cccc(-c4ccccc4)c3)c3ccccc3c3c2c2ccccc2c2c3c3cc(-c4ccccc4)ccc3n2C2=CC=C(c3ccccc3)CC2)cc1. The van der Waals surface area contributed by atoms with Gasteiger partial charge < -0.3 is 9.88 Å². The number of hydrogen-bond donors (Lipinski definition) is 1. The van der Waals surface area contributed by atoms with Crippen LogP contribution in [-0.2, 0) is 0 Å². The van der Waals surface area contributed by atoms with Crippen molar-refractivity contribution in [3.05, 3.63) is 260 Å². The second kappa shape index (κ2) is 17.8. The van der Waals surface area contributed by atoms with E-state index in [9.17, 15) is 0 Å². The smallest absolute Gasteiger partial charge is 0.0622 e. The highest BCUT2D eigenvalue weighted by molar-refractivity contribution is 6.41. The van der Waals surface area contributed by atoms with Gasteiger partial charge >= 0.3 is 0 Å². The van der Waals surface area contributed by atoms with Crippen molar-refractivity contribution in [2.45, 2.75) is 19.8 Å². The highest BCUT2D eigenvalue weighted by Gasteiger charge is 2.27. The monoisotopic (exact) mass is 882 g/mol. The molecule has 1 heterocycles. The molecule has 69 heavy (non-hydrogen) atoms. The van der Waals surface area contributed by atoms with Gasteiger partial charge in [-0.15, -0.1) is 0 Å². The van der Waals surface area contributed by atoms with Crippen LogP contribution < -0.4 is 5.32 Å². The molecule has 1 aliphatic rings. The van der Waals surface area contributed by atoms with Crippen LogP contribution in [0.15, 0.2) is 249 Å². The number of hydrogen-bond acceptors (Lipinski definition) is 1. The fourth-order valence-electron chi connectivity index (χ4n) is 10.8. The van der Waals surface area contributed by atoms with Crippen molar-refractivity contribution in [3.63, 3.8) is 0 Å². The summed E-state index contributed by atoms with van der Waals surface area (Å²) < 4.78 is 2.59. The van der Waals surface area contributed by atoms with E-state index in [4.69, 9.17) is 0 Å². The van der Waals surface area contributed by atoms with Crippen LogP contribution in [0, 0.1) is 0 Å². The Balaban J connectivity index is 1.22. The highest BCUT2D eigenvalue weighted by Crippen LogP contribution is 2.52. The van der Waals surface area contributed by atoms with Gasteiger partial charge in [-0.05, 0) is 122 Å². The maximum absolute atomic E-state index is 4.14. The minimum atomic E-state index is 0.921. The first-order valence-electron chi connectivity index (χ1n) is 24.0. The summed E-state index contributed by atoms with van der Waals surface area (Å²) in [7, 11) is 0. The summed E-state index contributed by atoms with van der Waals surface area (Å²) in [6.07, 6.45) is 14.8. The number of anilines is 2. The predicted molar refractivity (Wildman–Crippen MR) is 299 cm³/mol. The third-order valence-electron chi connectivity index (χ3n) is 14.0. The molecule has 0 saturated heterocycles.